The van der Waals surface area contributed by atoms with Gasteiger partial charge in [-0.3, -0.25) is 10.1 Å². The van der Waals surface area contributed by atoms with E-state index in [1.165, 1.54) is 5.56 Å². The first-order chi connectivity index (χ1) is 13.1. The van der Waals surface area contributed by atoms with Crippen LogP contribution >= 0.6 is 28.1 Å². The van der Waals surface area contributed by atoms with Crippen LogP contribution in [0.2, 0.25) is 0 Å². The molecule has 0 fully saturated rings. The van der Waals surface area contributed by atoms with Gasteiger partial charge in [0.1, 0.15) is 12.4 Å². The lowest BCUT2D eigenvalue weighted by Crippen LogP contribution is -2.45. The first-order valence-electron chi connectivity index (χ1n) is 8.72. The summed E-state index contributed by atoms with van der Waals surface area (Å²) in [7, 11) is 1.60. The molecule has 7 heteroatoms. The number of benzene rings is 2. The maximum atomic E-state index is 12.9. The number of thiocarbonyl (C=S) groups is 1. The highest BCUT2D eigenvalue weighted by Gasteiger charge is 2.22. The molecule has 2 aromatic rings. The zero-order chi connectivity index (χ0) is 19.2. The number of hydrogen-bond donors (Lipinski definition) is 1. The van der Waals surface area contributed by atoms with Gasteiger partial charge in [-0.05, 0) is 54.9 Å². The highest BCUT2D eigenvalue weighted by molar-refractivity contribution is 9.10. The van der Waals surface area contributed by atoms with Crippen molar-refractivity contribution < 1.29 is 14.3 Å². The van der Waals surface area contributed by atoms with Crippen molar-refractivity contribution in [2.24, 2.45) is 0 Å². The van der Waals surface area contributed by atoms with Gasteiger partial charge in [0.2, 0.25) is 0 Å². The van der Waals surface area contributed by atoms with Crippen LogP contribution in [-0.2, 0) is 11.2 Å². The molecule has 0 aliphatic carbocycles. The lowest BCUT2D eigenvalue weighted by Gasteiger charge is -2.31. The fraction of sp³-hybridized carbons (Fsp3) is 0.300. The summed E-state index contributed by atoms with van der Waals surface area (Å²) >= 11 is 8.94. The molecule has 0 radical (unpaired) electrons. The van der Waals surface area contributed by atoms with Gasteiger partial charge in [0.15, 0.2) is 5.11 Å². The van der Waals surface area contributed by atoms with Crippen molar-refractivity contribution in [1.29, 1.82) is 0 Å². The number of aryl methyl sites for hydroxylation is 1. The Balaban J connectivity index is 1.76. The molecule has 0 unspecified atom stereocenters. The molecule has 142 valence electrons. The van der Waals surface area contributed by atoms with Crippen LogP contribution in [0.4, 0.5) is 5.69 Å². The molecule has 27 heavy (non-hydrogen) atoms. The third-order valence-electron chi connectivity index (χ3n) is 4.31. The number of anilines is 1. The Bertz CT molecular complexity index is 844. The fourth-order valence-corrected chi connectivity index (χ4v) is 3.66. The van der Waals surface area contributed by atoms with Crippen molar-refractivity contribution in [1.82, 2.24) is 5.32 Å². The predicted octanol–water partition coefficient (Wildman–Crippen LogP) is 3.94. The van der Waals surface area contributed by atoms with Crippen LogP contribution in [0.25, 0.3) is 0 Å². The number of methoxy groups -OCH3 is 1. The Morgan fingerprint density at radius 1 is 1.26 bits per heavy atom. The third kappa shape index (κ3) is 4.86. The Morgan fingerprint density at radius 3 is 2.89 bits per heavy atom. The maximum absolute atomic E-state index is 12.9. The number of amides is 1. The minimum absolute atomic E-state index is 0.295. The molecule has 1 N–H and O–H groups in total. The largest absolute Gasteiger partial charge is 0.490 e. The molecular weight excluding hydrogens is 428 g/mol. The van der Waals surface area contributed by atoms with Crippen LogP contribution < -0.4 is 15.0 Å². The third-order valence-corrected chi connectivity index (χ3v) is 5.12. The smallest absolute Gasteiger partial charge is 0.261 e. The van der Waals surface area contributed by atoms with Crippen molar-refractivity contribution in [2.45, 2.75) is 12.8 Å². The summed E-state index contributed by atoms with van der Waals surface area (Å²) in [6.45, 7) is 1.59. The number of para-hydroxylation sites is 1. The quantitative estimate of drug-likeness (QED) is 0.554. The maximum Gasteiger partial charge on any atom is 0.261 e. The molecule has 0 saturated heterocycles. The number of ether oxygens (including phenoxy) is 2. The van der Waals surface area contributed by atoms with Gasteiger partial charge in [-0.15, -0.1) is 0 Å². The predicted molar refractivity (Wildman–Crippen MR) is 114 cm³/mol. The molecule has 1 aliphatic heterocycles. The van der Waals surface area contributed by atoms with Crippen molar-refractivity contribution in [3.63, 3.8) is 0 Å². The minimum Gasteiger partial charge on any atom is -0.490 e. The summed E-state index contributed by atoms with van der Waals surface area (Å²) in [5.74, 6) is 0.200. The molecule has 0 saturated carbocycles. The molecule has 0 bridgehead atoms. The van der Waals surface area contributed by atoms with Crippen LogP contribution in [0.3, 0.4) is 0 Å². The van der Waals surface area contributed by atoms with Crippen LogP contribution in [-0.4, -0.2) is 37.9 Å². The number of rotatable bonds is 5. The van der Waals surface area contributed by atoms with Crippen molar-refractivity contribution in [3.8, 4) is 5.75 Å². The first-order valence-corrected chi connectivity index (χ1v) is 9.92. The second kappa shape index (κ2) is 9.30. The molecule has 1 aliphatic rings. The Kier molecular flexibility index (Phi) is 6.82. The van der Waals surface area contributed by atoms with Gasteiger partial charge >= 0.3 is 0 Å². The topological polar surface area (TPSA) is 50.8 Å². The standard InChI is InChI=1S/C20H21BrN2O3S/c1-25-11-12-26-18-9-8-15(21)13-16(18)19(24)22-20(27)23-10-4-6-14-5-2-3-7-17(14)23/h2-3,5,7-9,13H,4,6,10-12H2,1H3,(H,22,24,27). The van der Waals surface area contributed by atoms with Gasteiger partial charge < -0.3 is 14.4 Å². The van der Waals surface area contributed by atoms with E-state index in [2.05, 4.69) is 27.3 Å². The Labute approximate surface area is 172 Å². The molecule has 1 amide bonds. The molecule has 0 atom stereocenters. The first kappa shape index (κ1) is 19.8. The van der Waals surface area contributed by atoms with Crippen molar-refractivity contribution in [2.75, 3.05) is 31.8 Å². The van der Waals surface area contributed by atoms with Crippen molar-refractivity contribution >= 4 is 44.9 Å². The van der Waals surface area contributed by atoms with Crippen molar-refractivity contribution in [3.05, 3.63) is 58.1 Å². The summed E-state index contributed by atoms with van der Waals surface area (Å²) in [5, 5.41) is 3.25. The Hall–Kier alpha value is -1.96. The average molecular weight is 449 g/mol. The molecule has 0 spiro atoms. The molecule has 1 heterocycles. The monoisotopic (exact) mass is 448 g/mol. The van der Waals surface area contributed by atoms with Gasteiger partial charge in [0.25, 0.3) is 5.91 Å². The summed E-state index contributed by atoms with van der Waals surface area (Å²) < 4.78 is 11.5. The van der Waals surface area contributed by atoms with E-state index in [1.54, 1.807) is 19.2 Å². The van der Waals surface area contributed by atoms with E-state index < -0.39 is 0 Å². The van der Waals surface area contributed by atoms with Gasteiger partial charge in [-0.1, -0.05) is 34.1 Å². The minimum atomic E-state index is -0.295. The molecule has 5 nitrogen and oxygen atoms in total. The summed E-state index contributed by atoms with van der Waals surface area (Å²) in [4.78, 5) is 14.8. The lowest BCUT2D eigenvalue weighted by atomic mass is 10.0. The average Bonchev–Trinajstić information content (AvgIpc) is 2.68. The number of carbonyl (C=O) groups is 1. The highest BCUT2D eigenvalue weighted by Crippen LogP contribution is 2.27. The van der Waals surface area contributed by atoms with Crippen LogP contribution in [0.15, 0.2) is 46.9 Å². The van der Waals surface area contributed by atoms with Gasteiger partial charge in [0.05, 0.1) is 12.2 Å². The summed E-state index contributed by atoms with van der Waals surface area (Å²) in [6.07, 6.45) is 2.02. The van der Waals surface area contributed by atoms with Crippen LogP contribution in [0.1, 0.15) is 22.3 Å². The van der Waals surface area contributed by atoms with E-state index in [-0.39, 0.29) is 5.91 Å². The second-order valence-electron chi connectivity index (χ2n) is 6.12. The highest BCUT2D eigenvalue weighted by atomic mass is 79.9. The number of nitrogens with zero attached hydrogens (tertiary/aromatic N) is 1. The van der Waals surface area contributed by atoms with E-state index in [0.29, 0.717) is 29.6 Å². The molecule has 3 rings (SSSR count). The zero-order valence-corrected chi connectivity index (χ0v) is 17.4. The van der Waals surface area contributed by atoms with E-state index in [9.17, 15) is 4.79 Å². The van der Waals surface area contributed by atoms with Gasteiger partial charge in [-0.25, -0.2) is 0 Å². The van der Waals surface area contributed by atoms with Gasteiger partial charge in [-0.2, -0.15) is 0 Å². The van der Waals surface area contributed by atoms with Crippen LogP contribution in [0.5, 0.6) is 5.75 Å². The SMILES string of the molecule is COCCOc1ccc(Br)cc1C(=O)NC(=S)N1CCCc2ccccc21. The fourth-order valence-electron chi connectivity index (χ4n) is 3.02. The zero-order valence-electron chi connectivity index (χ0n) is 15.0. The summed E-state index contributed by atoms with van der Waals surface area (Å²) in [5.41, 5.74) is 2.72. The lowest BCUT2D eigenvalue weighted by molar-refractivity contribution is 0.0969. The van der Waals surface area contributed by atoms with Crippen LogP contribution in [0, 0.1) is 0 Å². The number of carbonyl (C=O) groups excluding carboxylic acids is 1. The van der Waals surface area contributed by atoms with E-state index >= 15 is 0 Å². The number of fused-ring (bicyclic) bond motifs is 1. The molecule has 0 aromatic heterocycles. The number of hydrogen-bond acceptors (Lipinski definition) is 4. The number of halogens is 1. The van der Waals surface area contributed by atoms with E-state index in [4.69, 9.17) is 21.7 Å². The molecule has 2 aromatic carbocycles. The Morgan fingerprint density at radius 2 is 2.07 bits per heavy atom. The number of nitrogens with one attached hydrogen (secondary N) is 1. The van der Waals surface area contributed by atoms with E-state index in [1.807, 2.05) is 29.2 Å². The van der Waals surface area contributed by atoms with E-state index in [0.717, 1.165) is 29.5 Å². The second-order valence-corrected chi connectivity index (χ2v) is 7.43. The van der Waals surface area contributed by atoms with Gasteiger partial charge in [0, 0.05) is 23.8 Å². The summed E-state index contributed by atoms with van der Waals surface area (Å²) in [6, 6.07) is 13.5. The molecular formula is C20H21BrN2O3S. The normalized spacial score (nSPS) is 13.0.